The summed E-state index contributed by atoms with van der Waals surface area (Å²) in [7, 11) is 1.68. The molecule has 0 fully saturated rings. The number of nitrogens with zero attached hydrogens (tertiary/aromatic N) is 3. The largest absolute Gasteiger partial charge is 0.476 e. The van der Waals surface area contributed by atoms with E-state index in [2.05, 4.69) is 5.10 Å². The molecule has 1 N–H and O–H groups in total. The average Bonchev–Trinajstić information content (AvgIpc) is 2.64. The van der Waals surface area contributed by atoms with Gasteiger partial charge in [-0.3, -0.25) is 4.68 Å². The van der Waals surface area contributed by atoms with Crippen LogP contribution in [0.4, 0.5) is 4.79 Å². The number of amides is 1. The highest BCUT2D eigenvalue weighted by Crippen LogP contribution is 2.23. The Hall–Kier alpha value is -2.05. The van der Waals surface area contributed by atoms with Crippen molar-refractivity contribution in [1.29, 1.82) is 0 Å². The third-order valence-electron chi connectivity index (χ3n) is 3.10. The molecular weight excluding hydrogens is 262 g/mol. The lowest BCUT2D eigenvalue weighted by Gasteiger charge is -2.30. The first-order valence-corrected chi connectivity index (χ1v) is 6.45. The quantitative estimate of drug-likeness (QED) is 0.841. The third-order valence-corrected chi connectivity index (χ3v) is 3.10. The lowest BCUT2D eigenvalue weighted by Crippen LogP contribution is -2.40. The van der Waals surface area contributed by atoms with Gasteiger partial charge in [-0.2, -0.15) is 5.10 Å². The SMILES string of the molecule is Cn1nc(C(=O)O)c2c1CN(C(=O)OC(C)(C)C)CC2. The Morgan fingerprint density at radius 3 is 2.55 bits per heavy atom. The summed E-state index contributed by atoms with van der Waals surface area (Å²) in [5.41, 5.74) is 0.987. The normalized spacial score (nSPS) is 14.9. The van der Waals surface area contributed by atoms with E-state index in [0.717, 1.165) is 5.69 Å². The number of fused-ring (bicyclic) bond motifs is 1. The van der Waals surface area contributed by atoms with Gasteiger partial charge in [0.1, 0.15) is 5.60 Å². The second-order valence-corrected chi connectivity index (χ2v) is 5.85. The van der Waals surface area contributed by atoms with Gasteiger partial charge in [-0.25, -0.2) is 9.59 Å². The Morgan fingerprint density at radius 1 is 1.35 bits per heavy atom. The highest BCUT2D eigenvalue weighted by atomic mass is 16.6. The Morgan fingerprint density at radius 2 is 2.00 bits per heavy atom. The van der Waals surface area contributed by atoms with Gasteiger partial charge in [-0.15, -0.1) is 0 Å². The number of carbonyl (C=O) groups is 2. The van der Waals surface area contributed by atoms with Crippen LogP contribution in [-0.4, -0.2) is 44.0 Å². The monoisotopic (exact) mass is 281 g/mol. The molecule has 2 rings (SSSR count). The van der Waals surface area contributed by atoms with Crippen molar-refractivity contribution in [2.24, 2.45) is 7.05 Å². The van der Waals surface area contributed by atoms with E-state index in [1.165, 1.54) is 4.68 Å². The van der Waals surface area contributed by atoms with Gasteiger partial charge in [0.05, 0.1) is 12.2 Å². The van der Waals surface area contributed by atoms with Gasteiger partial charge in [-0.1, -0.05) is 0 Å². The van der Waals surface area contributed by atoms with Gasteiger partial charge >= 0.3 is 12.1 Å². The first-order chi connectivity index (χ1) is 9.19. The molecule has 0 saturated heterocycles. The minimum Gasteiger partial charge on any atom is -0.476 e. The zero-order valence-electron chi connectivity index (χ0n) is 12.1. The zero-order valence-corrected chi connectivity index (χ0v) is 12.1. The predicted molar refractivity (Wildman–Crippen MR) is 70.5 cm³/mol. The maximum atomic E-state index is 12.0. The van der Waals surface area contributed by atoms with Gasteiger partial charge in [0.15, 0.2) is 5.69 Å². The minimum atomic E-state index is -1.03. The predicted octanol–water partition coefficient (Wildman–Crippen LogP) is 1.41. The number of carbonyl (C=O) groups excluding carboxylic acids is 1. The number of rotatable bonds is 1. The minimum absolute atomic E-state index is 0.0753. The molecule has 20 heavy (non-hydrogen) atoms. The second-order valence-electron chi connectivity index (χ2n) is 5.85. The summed E-state index contributed by atoms with van der Waals surface area (Å²) in [6.45, 7) is 6.20. The van der Waals surface area contributed by atoms with Gasteiger partial charge in [0.25, 0.3) is 0 Å². The Balaban J connectivity index is 2.20. The molecule has 1 aliphatic rings. The van der Waals surface area contributed by atoms with E-state index in [1.807, 2.05) is 20.8 Å². The molecule has 0 radical (unpaired) electrons. The van der Waals surface area contributed by atoms with Crippen molar-refractivity contribution in [1.82, 2.24) is 14.7 Å². The van der Waals surface area contributed by atoms with E-state index in [4.69, 9.17) is 9.84 Å². The van der Waals surface area contributed by atoms with Crippen molar-refractivity contribution in [2.45, 2.75) is 39.3 Å². The fourth-order valence-corrected chi connectivity index (χ4v) is 2.22. The van der Waals surface area contributed by atoms with Gasteiger partial charge in [0, 0.05) is 19.2 Å². The number of ether oxygens (including phenoxy) is 1. The summed E-state index contributed by atoms with van der Waals surface area (Å²) < 4.78 is 6.85. The molecule has 0 aromatic carbocycles. The van der Waals surface area contributed by atoms with E-state index in [9.17, 15) is 9.59 Å². The summed E-state index contributed by atoms with van der Waals surface area (Å²) in [6.07, 6.45) is 0.0885. The third kappa shape index (κ3) is 2.76. The van der Waals surface area contributed by atoms with Crippen molar-refractivity contribution in [3.8, 4) is 0 Å². The molecule has 2 heterocycles. The van der Waals surface area contributed by atoms with E-state index in [-0.39, 0.29) is 11.8 Å². The number of hydrogen-bond acceptors (Lipinski definition) is 4. The summed E-state index contributed by atoms with van der Waals surface area (Å²) in [4.78, 5) is 24.7. The van der Waals surface area contributed by atoms with Crippen molar-refractivity contribution in [2.75, 3.05) is 6.54 Å². The molecule has 110 valence electrons. The molecule has 1 aliphatic heterocycles. The van der Waals surface area contributed by atoms with Crippen LogP contribution in [-0.2, 0) is 24.8 Å². The first kappa shape index (κ1) is 14.4. The highest BCUT2D eigenvalue weighted by molar-refractivity contribution is 5.87. The van der Waals surface area contributed by atoms with Crippen LogP contribution in [0.15, 0.2) is 0 Å². The number of hydrogen-bond donors (Lipinski definition) is 1. The summed E-state index contributed by atoms with van der Waals surface area (Å²) in [5.74, 6) is -1.03. The lowest BCUT2D eigenvalue weighted by molar-refractivity contribution is 0.0219. The lowest BCUT2D eigenvalue weighted by atomic mass is 10.0. The van der Waals surface area contributed by atoms with Crippen LogP contribution in [0.25, 0.3) is 0 Å². The molecule has 0 aliphatic carbocycles. The standard InChI is InChI=1S/C13H19N3O4/c1-13(2,3)20-12(19)16-6-5-8-9(7-16)15(4)14-10(8)11(17)18/h5-7H2,1-4H3,(H,17,18). The first-order valence-electron chi connectivity index (χ1n) is 6.45. The van der Waals surface area contributed by atoms with Gasteiger partial charge in [0.2, 0.25) is 0 Å². The van der Waals surface area contributed by atoms with E-state index < -0.39 is 11.6 Å². The molecule has 0 spiro atoms. The summed E-state index contributed by atoms with van der Waals surface area (Å²) >= 11 is 0. The molecule has 7 heteroatoms. The molecule has 0 bridgehead atoms. The van der Waals surface area contributed by atoms with Crippen LogP contribution >= 0.6 is 0 Å². The maximum absolute atomic E-state index is 12.0. The van der Waals surface area contributed by atoms with Crippen LogP contribution in [0, 0.1) is 0 Å². The molecule has 0 unspecified atom stereocenters. The average molecular weight is 281 g/mol. The molecule has 7 nitrogen and oxygen atoms in total. The number of aryl methyl sites for hydroxylation is 1. The molecule has 0 atom stereocenters. The number of aromatic nitrogens is 2. The second kappa shape index (κ2) is 4.81. The van der Waals surface area contributed by atoms with Crippen LogP contribution in [0.2, 0.25) is 0 Å². The summed E-state index contributed by atoms with van der Waals surface area (Å²) in [6, 6.07) is 0. The van der Waals surface area contributed by atoms with Crippen molar-refractivity contribution < 1.29 is 19.4 Å². The fraction of sp³-hybridized carbons (Fsp3) is 0.615. The smallest absolute Gasteiger partial charge is 0.410 e. The molecule has 1 amide bonds. The van der Waals surface area contributed by atoms with Crippen molar-refractivity contribution in [3.63, 3.8) is 0 Å². The van der Waals surface area contributed by atoms with Crippen molar-refractivity contribution >= 4 is 12.1 Å². The Bertz CT molecular complexity index is 557. The molecular formula is C13H19N3O4. The fourth-order valence-electron chi connectivity index (χ4n) is 2.22. The number of carboxylic acids is 1. The molecule has 1 aromatic heterocycles. The zero-order chi connectivity index (χ0) is 15.1. The summed E-state index contributed by atoms with van der Waals surface area (Å²) in [5, 5.41) is 13.1. The number of aromatic carboxylic acids is 1. The molecule has 1 aromatic rings. The van der Waals surface area contributed by atoms with E-state index >= 15 is 0 Å². The van der Waals surface area contributed by atoms with Crippen molar-refractivity contribution in [3.05, 3.63) is 17.0 Å². The van der Waals surface area contributed by atoms with Gasteiger partial charge in [-0.05, 0) is 27.2 Å². The van der Waals surface area contributed by atoms with Crippen LogP contribution < -0.4 is 0 Å². The Kier molecular flexibility index (Phi) is 3.45. The highest BCUT2D eigenvalue weighted by Gasteiger charge is 2.30. The topological polar surface area (TPSA) is 84.7 Å². The van der Waals surface area contributed by atoms with Gasteiger partial charge < -0.3 is 14.7 Å². The van der Waals surface area contributed by atoms with E-state index in [0.29, 0.717) is 25.1 Å². The van der Waals surface area contributed by atoms with E-state index in [1.54, 1.807) is 11.9 Å². The van der Waals surface area contributed by atoms with Crippen LogP contribution in [0.1, 0.15) is 42.5 Å². The Labute approximate surface area is 117 Å². The van der Waals surface area contributed by atoms with Crippen LogP contribution in [0.3, 0.4) is 0 Å². The van der Waals surface area contributed by atoms with Crippen LogP contribution in [0.5, 0.6) is 0 Å². The number of carboxylic acid groups (broad SMARTS) is 1. The molecule has 0 saturated carbocycles. The maximum Gasteiger partial charge on any atom is 0.410 e.